The van der Waals surface area contributed by atoms with Gasteiger partial charge in [0.15, 0.2) is 0 Å². The molecule has 0 spiro atoms. The average molecular weight is 345 g/mol. The molecule has 2 saturated carbocycles. The van der Waals surface area contributed by atoms with Crippen molar-refractivity contribution in [3.05, 3.63) is 34.8 Å². The topological polar surface area (TPSA) is 104 Å². The van der Waals surface area contributed by atoms with Gasteiger partial charge < -0.3 is 15.5 Å². The molecule has 0 radical (unpaired) electrons. The van der Waals surface area contributed by atoms with Crippen LogP contribution in [0.3, 0.4) is 0 Å². The number of nitrogens with one attached hydrogen (secondary N) is 1. The summed E-state index contributed by atoms with van der Waals surface area (Å²) in [5, 5.41) is 21.5. The number of aliphatic hydroxyl groups excluding tert-OH is 1. The van der Waals surface area contributed by atoms with Crippen LogP contribution in [0.25, 0.3) is 0 Å². The molecular formula is C19H23NO5. The Morgan fingerprint density at radius 3 is 2.68 bits per heavy atom. The fourth-order valence-electron chi connectivity index (χ4n) is 4.29. The van der Waals surface area contributed by atoms with Crippen LogP contribution < -0.4 is 5.32 Å². The minimum absolute atomic E-state index is 0.0393. The van der Waals surface area contributed by atoms with E-state index in [0.717, 1.165) is 30.9 Å². The molecule has 0 saturated heterocycles. The fourth-order valence-corrected chi connectivity index (χ4v) is 4.29. The summed E-state index contributed by atoms with van der Waals surface area (Å²) in [6, 6.07) is 0. The molecule has 2 atom stereocenters. The van der Waals surface area contributed by atoms with Crippen LogP contribution in [0.4, 0.5) is 0 Å². The predicted octanol–water partition coefficient (Wildman–Crippen LogP) is 2.43. The first-order valence-corrected chi connectivity index (χ1v) is 8.87. The maximum absolute atomic E-state index is 12.4. The Balaban J connectivity index is 1.97. The zero-order valence-corrected chi connectivity index (χ0v) is 14.1. The van der Waals surface area contributed by atoms with Gasteiger partial charge in [-0.1, -0.05) is 18.4 Å². The van der Waals surface area contributed by atoms with Crippen molar-refractivity contribution < 1.29 is 24.6 Å². The van der Waals surface area contributed by atoms with Crippen molar-refractivity contribution in [3.63, 3.8) is 0 Å². The maximum Gasteiger partial charge on any atom is 0.322 e. The van der Waals surface area contributed by atoms with Crippen LogP contribution in [-0.4, -0.2) is 34.3 Å². The van der Waals surface area contributed by atoms with E-state index >= 15 is 0 Å². The van der Waals surface area contributed by atoms with Gasteiger partial charge in [0, 0.05) is 6.08 Å². The first-order chi connectivity index (χ1) is 12.0. The van der Waals surface area contributed by atoms with Crippen LogP contribution in [0.2, 0.25) is 0 Å². The number of rotatable bonds is 4. The number of aliphatic hydroxyl groups is 1. The smallest absolute Gasteiger partial charge is 0.322 e. The van der Waals surface area contributed by atoms with Crippen molar-refractivity contribution in [1.29, 1.82) is 0 Å². The molecule has 3 aliphatic rings. The molecule has 2 fully saturated rings. The lowest BCUT2D eigenvalue weighted by atomic mass is 9.68. The Labute approximate surface area is 146 Å². The van der Waals surface area contributed by atoms with E-state index < -0.39 is 24.1 Å². The van der Waals surface area contributed by atoms with Crippen molar-refractivity contribution in [3.8, 4) is 0 Å². The van der Waals surface area contributed by atoms with Gasteiger partial charge >= 0.3 is 5.97 Å². The second-order valence-electron chi connectivity index (χ2n) is 7.02. The standard InChI is InChI=1S/C19H23NO5/c21-15-9-16(22)19(25)14(18(15)20-10-17(23)24)8-12-6-3-5-11-4-1-2-7-13(11)12/h8-9,11,13,20-21H,1-7,10H2,(H,23,24)/b12-8+. The minimum atomic E-state index is -1.11. The van der Waals surface area contributed by atoms with Gasteiger partial charge in [-0.3, -0.25) is 14.4 Å². The van der Waals surface area contributed by atoms with Gasteiger partial charge in [0.2, 0.25) is 11.6 Å². The van der Waals surface area contributed by atoms with Crippen LogP contribution in [0.15, 0.2) is 34.8 Å². The van der Waals surface area contributed by atoms with Gasteiger partial charge in [-0.05, 0) is 50.0 Å². The Hall–Kier alpha value is -2.37. The largest absolute Gasteiger partial charge is 0.506 e. The molecule has 3 rings (SSSR count). The molecule has 0 aromatic carbocycles. The second kappa shape index (κ2) is 7.25. The first kappa shape index (κ1) is 17.5. The third-order valence-electron chi connectivity index (χ3n) is 5.43. The van der Waals surface area contributed by atoms with Gasteiger partial charge in [0.25, 0.3) is 0 Å². The number of hydrogen-bond acceptors (Lipinski definition) is 5. The fraction of sp³-hybridized carbons (Fsp3) is 0.526. The molecule has 6 heteroatoms. The highest BCUT2D eigenvalue weighted by molar-refractivity contribution is 6.49. The lowest BCUT2D eigenvalue weighted by Gasteiger charge is -2.37. The number of carbonyl (C=O) groups is 3. The van der Waals surface area contributed by atoms with Crippen molar-refractivity contribution in [2.45, 2.75) is 44.9 Å². The number of Topliss-reactive ketones (excluding diaryl/α,β-unsaturated/α-hetero) is 1. The van der Waals surface area contributed by atoms with E-state index in [9.17, 15) is 19.5 Å². The van der Waals surface area contributed by atoms with Crippen LogP contribution in [0, 0.1) is 11.8 Å². The summed E-state index contributed by atoms with van der Waals surface area (Å²) in [5.41, 5.74) is 1.28. The molecule has 2 unspecified atom stereocenters. The van der Waals surface area contributed by atoms with Gasteiger partial charge in [0.1, 0.15) is 12.3 Å². The normalized spacial score (nSPS) is 28.6. The number of hydrogen-bond donors (Lipinski definition) is 3. The summed E-state index contributed by atoms with van der Waals surface area (Å²) < 4.78 is 0. The van der Waals surface area contributed by atoms with Crippen molar-refractivity contribution in [2.24, 2.45) is 11.8 Å². The molecule has 25 heavy (non-hydrogen) atoms. The van der Waals surface area contributed by atoms with Crippen LogP contribution in [0.1, 0.15) is 44.9 Å². The lowest BCUT2D eigenvalue weighted by molar-refractivity contribution is -0.135. The van der Waals surface area contributed by atoms with E-state index in [0.29, 0.717) is 11.8 Å². The van der Waals surface area contributed by atoms with E-state index in [4.69, 9.17) is 5.11 Å². The zero-order valence-electron chi connectivity index (χ0n) is 14.1. The second-order valence-corrected chi connectivity index (χ2v) is 7.02. The Morgan fingerprint density at radius 2 is 1.92 bits per heavy atom. The zero-order chi connectivity index (χ0) is 18.0. The summed E-state index contributed by atoms with van der Waals surface area (Å²) in [7, 11) is 0. The van der Waals surface area contributed by atoms with Gasteiger partial charge in [0.05, 0.1) is 11.3 Å². The minimum Gasteiger partial charge on any atom is -0.506 e. The Kier molecular flexibility index (Phi) is 5.06. The van der Waals surface area contributed by atoms with Crippen molar-refractivity contribution in [2.75, 3.05) is 6.54 Å². The summed E-state index contributed by atoms with van der Waals surface area (Å²) >= 11 is 0. The van der Waals surface area contributed by atoms with Crippen molar-refractivity contribution >= 4 is 17.5 Å². The Morgan fingerprint density at radius 1 is 1.20 bits per heavy atom. The van der Waals surface area contributed by atoms with Gasteiger partial charge in [-0.15, -0.1) is 0 Å². The van der Waals surface area contributed by atoms with Crippen molar-refractivity contribution in [1.82, 2.24) is 5.32 Å². The van der Waals surface area contributed by atoms with E-state index in [1.165, 1.54) is 25.7 Å². The SMILES string of the molecule is O=C(O)CNC1=C(/C=C2\CCCC3CCCCC23)C(=O)C(=O)C=C1O. The Bertz CT molecular complexity index is 699. The molecule has 0 heterocycles. The number of carbonyl (C=O) groups excluding carboxylic acids is 2. The van der Waals surface area contributed by atoms with Crippen LogP contribution in [-0.2, 0) is 14.4 Å². The highest BCUT2D eigenvalue weighted by atomic mass is 16.4. The molecule has 6 nitrogen and oxygen atoms in total. The molecule has 134 valence electrons. The highest BCUT2D eigenvalue weighted by Gasteiger charge is 2.33. The number of carboxylic acids is 1. The first-order valence-electron chi connectivity index (χ1n) is 8.87. The summed E-state index contributed by atoms with van der Waals surface area (Å²) in [4.78, 5) is 35.0. The van der Waals surface area contributed by atoms with Gasteiger partial charge in [-0.2, -0.15) is 0 Å². The summed E-state index contributed by atoms with van der Waals surface area (Å²) in [5.74, 6) is -1.91. The maximum atomic E-state index is 12.4. The molecule has 0 amide bonds. The molecule has 3 N–H and O–H groups in total. The third kappa shape index (κ3) is 3.67. The van der Waals surface area contributed by atoms with E-state index in [2.05, 4.69) is 5.32 Å². The summed E-state index contributed by atoms with van der Waals surface area (Å²) in [6.45, 7) is -0.437. The highest BCUT2D eigenvalue weighted by Crippen LogP contribution is 2.44. The lowest BCUT2D eigenvalue weighted by Crippen LogP contribution is -2.31. The molecule has 3 aliphatic carbocycles. The van der Waals surface area contributed by atoms with Crippen LogP contribution in [0.5, 0.6) is 0 Å². The molecule has 0 aromatic heterocycles. The third-order valence-corrected chi connectivity index (χ3v) is 5.43. The van der Waals surface area contributed by atoms with Crippen LogP contribution >= 0.6 is 0 Å². The number of carboxylic acid groups (broad SMARTS) is 1. The average Bonchev–Trinajstić information content (AvgIpc) is 2.59. The molecule has 0 aliphatic heterocycles. The van der Waals surface area contributed by atoms with E-state index in [1.807, 2.05) is 0 Å². The number of ketones is 2. The number of allylic oxidation sites excluding steroid dienone is 4. The predicted molar refractivity (Wildman–Crippen MR) is 90.8 cm³/mol. The summed E-state index contributed by atoms with van der Waals surface area (Å²) in [6.07, 6.45) is 10.4. The van der Waals surface area contributed by atoms with E-state index in [-0.39, 0.29) is 17.0 Å². The van der Waals surface area contributed by atoms with Gasteiger partial charge in [-0.25, -0.2) is 0 Å². The monoisotopic (exact) mass is 345 g/mol. The molecular weight excluding hydrogens is 322 g/mol. The quantitative estimate of drug-likeness (QED) is 0.534. The molecule has 0 bridgehead atoms. The number of aliphatic carboxylic acids is 1. The number of fused-ring (bicyclic) bond motifs is 1. The molecule has 0 aromatic rings. The van der Waals surface area contributed by atoms with E-state index in [1.54, 1.807) is 6.08 Å².